The largest absolute Gasteiger partial charge is 0.468 e. The van der Waals surface area contributed by atoms with Crippen molar-refractivity contribution in [2.75, 3.05) is 155 Å². The molecule has 0 rings (SSSR count). The Kier molecular flexibility index (Phi) is 81.2. The summed E-state index contributed by atoms with van der Waals surface area (Å²) in [5.74, 6) is -4.69. The second-order valence-corrected chi connectivity index (χ2v) is 24.4. The quantitative estimate of drug-likeness (QED) is 0.0254. The molecule has 0 aromatic heterocycles. The van der Waals surface area contributed by atoms with Crippen molar-refractivity contribution < 1.29 is 115 Å². The van der Waals surface area contributed by atoms with E-state index in [4.69, 9.17) is 28.4 Å². The fourth-order valence-corrected chi connectivity index (χ4v) is 6.85. The zero-order valence-corrected chi connectivity index (χ0v) is 70.1. The van der Waals surface area contributed by atoms with E-state index in [1.807, 2.05) is 27.7 Å². The molecule has 0 bridgehead atoms. The molecule has 0 N–H and O–H groups in total. The van der Waals surface area contributed by atoms with Gasteiger partial charge >= 0.3 is 47.8 Å². The van der Waals surface area contributed by atoms with Gasteiger partial charge in [0.25, 0.3) is 0 Å². The standard InChI is InChI=1S/C14H25NO3.C12H21NO3.2C10H17NO3.2C9H15NO3.C8H13NO3.C7H11NO3/c1-5-8-9-12(6-2)11-18-14(17)10-15(4)13(16)7-3;1-4-6-7-8-9-16-12(15)10-13(3)11(14)5-2;1-5-9(12)11(4)6-10(13)14-7-8(2)3;1-4-6-7-14-10(13)8-11(3)9(12)5-2;1-5-8(11)10(4)6-9(12)13-7(2)3;1-4-6-13-9(12)7-10(3)8(11)5-2;1-4-7(10)9(3)6-8(11)12-5-2;1-4-6(9)8(2)5-7(10)11-3/h7,12H,3,5-6,8-11H2,1-2,4H3;5H,2,4,6-10H2,1,3H3;5,8H,1,6-7H2,2-4H3;5H,2,4,6-8H2,1,3H3;5,7H,1,6H2,2-4H3;5H,2,4,6-7H2,1,3H3;4H,1,5-6H2,2-3H3;4H,1,5H2,2-3H3. The van der Waals surface area contributed by atoms with Crippen molar-refractivity contribution in [3.63, 3.8) is 0 Å². The van der Waals surface area contributed by atoms with Crippen LogP contribution in [-0.4, -0.2) is 296 Å². The number of carbonyl (C=O) groups is 16. The zero-order valence-electron chi connectivity index (χ0n) is 70.1. The van der Waals surface area contributed by atoms with Crippen molar-refractivity contribution in [1.82, 2.24) is 39.2 Å². The van der Waals surface area contributed by atoms with E-state index in [-0.39, 0.29) is 130 Å². The highest BCUT2D eigenvalue weighted by molar-refractivity contribution is 5.93. The Morgan fingerprint density at radius 3 is 0.811 bits per heavy atom. The third kappa shape index (κ3) is 77.4. The van der Waals surface area contributed by atoms with Gasteiger partial charge in [0.1, 0.15) is 52.4 Å². The van der Waals surface area contributed by atoms with Crippen molar-refractivity contribution in [1.29, 1.82) is 0 Å². The summed E-state index contributed by atoms with van der Waals surface area (Å²) in [6, 6.07) is 0. The molecule has 0 aromatic rings. The Morgan fingerprint density at radius 1 is 0.297 bits per heavy atom. The highest BCUT2D eigenvalue weighted by atomic mass is 16.6. The number of unbranched alkanes of at least 4 members (excludes halogenated alkanes) is 5. The van der Waals surface area contributed by atoms with Gasteiger partial charge in [-0.2, -0.15) is 0 Å². The maximum atomic E-state index is 11.5. The summed E-state index contributed by atoms with van der Waals surface area (Å²) in [6.45, 7) is 48.2. The number of ether oxygens (including phenoxy) is 8. The summed E-state index contributed by atoms with van der Waals surface area (Å²) in [4.78, 5) is 186. The molecule has 0 fully saturated rings. The molecule has 0 aromatic carbocycles. The van der Waals surface area contributed by atoms with Gasteiger partial charge in [-0.15, -0.1) is 0 Å². The molecule has 8 amide bonds. The first-order valence-corrected chi connectivity index (χ1v) is 36.3. The zero-order chi connectivity index (χ0) is 87.6. The lowest BCUT2D eigenvalue weighted by Crippen LogP contribution is -2.32. The van der Waals surface area contributed by atoms with Crippen LogP contribution in [0.15, 0.2) is 101 Å². The van der Waals surface area contributed by atoms with Gasteiger partial charge < -0.3 is 77.1 Å². The smallest absolute Gasteiger partial charge is 0.325 e. The molecule has 0 spiro atoms. The summed E-state index contributed by atoms with van der Waals surface area (Å²) in [5.41, 5.74) is 0. The maximum Gasteiger partial charge on any atom is 0.325 e. The van der Waals surface area contributed by atoms with Crippen LogP contribution in [0.25, 0.3) is 0 Å². The van der Waals surface area contributed by atoms with Gasteiger partial charge in [0.05, 0.1) is 52.9 Å². The monoisotopic (exact) mass is 1580 g/mol. The van der Waals surface area contributed by atoms with Crippen LogP contribution in [-0.2, 0) is 115 Å². The van der Waals surface area contributed by atoms with E-state index in [0.29, 0.717) is 51.5 Å². The van der Waals surface area contributed by atoms with E-state index in [0.717, 1.165) is 101 Å². The van der Waals surface area contributed by atoms with Gasteiger partial charge in [-0.1, -0.05) is 146 Å². The number of hydrogen-bond donors (Lipinski definition) is 0. The molecule has 1 unspecified atom stereocenters. The van der Waals surface area contributed by atoms with Crippen LogP contribution in [0.5, 0.6) is 0 Å². The topological polar surface area (TPSA) is 373 Å². The highest BCUT2D eigenvalue weighted by Crippen LogP contribution is 2.13. The minimum atomic E-state index is -0.442. The lowest BCUT2D eigenvalue weighted by atomic mass is 10.0. The predicted octanol–water partition coefficient (Wildman–Crippen LogP) is 7.11. The van der Waals surface area contributed by atoms with Crippen molar-refractivity contribution in [2.24, 2.45) is 11.8 Å². The molecule has 32 heteroatoms. The number of rotatable bonds is 44. The van der Waals surface area contributed by atoms with Gasteiger partial charge in [-0.05, 0) is 107 Å². The number of carbonyl (C=O) groups excluding carboxylic acids is 16. The molecule has 32 nitrogen and oxygen atoms in total. The Hall–Kier alpha value is -10.6. The molecule has 0 heterocycles. The minimum absolute atomic E-state index is 0.0152. The fraction of sp³-hybridized carbons (Fsp3) is 0.595. The molecular weight excluding hydrogens is 1440 g/mol. The second kappa shape index (κ2) is 77.6. The van der Waals surface area contributed by atoms with Gasteiger partial charge in [0.15, 0.2) is 0 Å². The average molecular weight is 1580 g/mol. The molecule has 0 saturated heterocycles. The molecule has 111 heavy (non-hydrogen) atoms. The van der Waals surface area contributed by atoms with E-state index < -0.39 is 23.9 Å². The Morgan fingerprint density at radius 2 is 0.559 bits per heavy atom. The minimum Gasteiger partial charge on any atom is -0.468 e. The first-order valence-electron chi connectivity index (χ1n) is 36.3. The van der Waals surface area contributed by atoms with Crippen molar-refractivity contribution in [2.45, 2.75) is 146 Å². The lowest BCUT2D eigenvalue weighted by molar-refractivity contribution is -0.151. The molecule has 0 aliphatic heterocycles. The van der Waals surface area contributed by atoms with Gasteiger partial charge in [-0.25, -0.2) is 0 Å². The van der Waals surface area contributed by atoms with E-state index in [2.05, 4.69) is 82.9 Å². The Labute approximate surface area is 660 Å². The summed E-state index contributed by atoms with van der Waals surface area (Å²) in [6.07, 6.45) is 20.4. The molecule has 0 saturated carbocycles. The van der Waals surface area contributed by atoms with Gasteiger partial charge in [0.2, 0.25) is 47.3 Å². The van der Waals surface area contributed by atoms with Crippen molar-refractivity contribution in [3.05, 3.63) is 101 Å². The maximum absolute atomic E-state index is 11.5. The normalized spacial score (nSPS) is 9.67. The van der Waals surface area contributed by atoms with Crippen LogP contribution >= 0.6 is 0 Å². The van der Waals surface area contributed by atoms with E-state index in [1.54, 1.807) is 34.9 Å². The molecule has 0 aliphatic rings. The van der Waals surface area contributed by atoms with Crippen LogP contribution in [0.1, 0.15) is 140 Å². The number of amides is 8. The van der Waals surface area contributed by atoms with Crippen LogP contribution in [0.4, 0.5) is 0 Å². The van der Waals surface area contributed by atoms with E-state index >= 15 is 0 Å². The molecule has 634 valence electrons. The summed E-state index contributed by atoms with van der Waals surface area (Å²) < 4.78 is 38.6. The number of methoxy groups -OCH3 is 1. The Balaban J connectivity index is -0.000000183. The second-order valence-electron chi connectivity index (χ2n) is 24.4. The number of likely N-dealkylation sites (N-methyl/N-ethyl adjacent to an activating group) is 8. The van der Waals surface area contributed by atoms with Crippen LogP contribution in [0, 0.1) is 11.8 Å². The molecule has 0 radical (unpaired) electrons. The molecule has 1 atom stereocenters. The van der Waals surface area contributed by atoms with Gasteiger partial charge in [0, 0.05) is 56.4 Å². The predicted molar refractivity (Wildman–Crippen MR) is 425 cm³/mol. The van der Waals surface area contributed by atoms with Crippen LogP contribution in [0.2, 0.25) is 0 Å². The number of hydrogen-bond acceptors (Lipinski definition) is 24. The SMILES string of the molecule is C=CC(=O)N(C)CC(=O)OC.C=CC(=O)N(C)CC(=O)OC(C)C.C=CC(=O)N(C)CC(=O)OCC.C=CC(=O)N(C)CC(=O)OCC(C)C.C=CC(=O)N(C)CC(=O)OCC(CC)CCCC.C=CC(=O)N(C)CC(=O)OCCC.C=CC(=O)N(C)CC(=O)OCCCC.C=CC(=O)N(C)CC(=O)OCCCCCC. The summed E-state index contributed by atoms with van der Waals surface area (Å²) in [5, 5.41) is 0. The molecule has 0 aliphatic carbocycles. The van der Waals surface area contributed by atoms with Crippen molar-refractivity contribution >= 4 is 95.0 Å². The van der Waals surface area contributed by atoms with Crippen molar-refractivity contribution in [3.8, 4) is 0 Å². The summed E-state index contributed by atoms with van der Waals surface area (Å²) >= 11 is 0. The van der Waals surface area contributed by atoms with E-state index in [1.165, 1.54) is 107 Å². The first kappa shape index (κ1) is 116. The van der Waals surface area contributed by atoms with Crippen LogP contribution in [0.3, 0.4) is 0 Å². The Bertz CT molecular complexity index is 2840. The van der Waals surface area contributed by atoms with Crippen LogP contribution < -0.4 is 0 Å². The third-order valence-corrected chi connectivity index (χ3v) is 13.3. The molecular formula is C79H134N8O24. The highest BCUT2D eigenvalue weighted by Gasteiger charge is 2.18. The fourth-order valence-electron chi connectivity index (χ4n) is 6.85. The number of nitrogens with zero attached hydrogens (tertiary/aromatic N) is 8. The first-order chi connectivity index (χ1) is 52.0. The lowest BCUT2D eigenvalue weighted by Gasteiger charge is -2.17. The van der Waals surface area contributed by atoms with E-state index in [9.17, 15) is 76.7 Å². The van der Waals surface area contributed by atoms with Gasteiger partial charge in [-0.3, -0.25) is 76.7 Å². The summed E-state index contributed by atoms with van der Waals surface area (Å²) in [7, 11) is 13.5. The third-order valence-electron chi connectivity index (χ3n) is 13.3. The average Bonchev–Trinajstić information content (AvgIpc) is 1.02. The number of esters is 8.